The molecule has 2 aromatic rings. The lowest BCUT2D eigenvalue weighted by Gasteiger charge is -2.08. The van der Waals surface area contributed by atoms with Crippen LogP contribution in [0.15, 0.2) is 24.7 Å². The van der Waals surface area contributed by atoms with Gasteiger partial charge < -0.3 is 10.6 Å². The summed E-state index contributed by atoms with van der Waals surface area (Å²) in [7, 11) is 0. The van der Waals surface area contributed by atoms with Crippen LogP contribution in [0.4, 0.5) is 16.2 Å². The van der Waals surface area contributed by atoms with Crippen molar-refractivity contribution >= 4 is 11.8 Å². The minimum Gasteiger partial charge on any atom is -0.367 e. The molecule has 0 saturated carbocycles. The van der Waals surface area contributed by atoms with Crippen LogP contribution in [-0.4, -0.2) is 32.8 Å². The van der Waals surface area contributed by atoms with Gasteiger partial charge in [-0.25, -0.2) is 9.37 Å². The molecule has 0 saturated heterocycles. The second-order valence-electron chi connectivity index (χ2n) is 3.97. The summed E-state index contributed by atoms with van der Waals surface area (Å²) in [4.78, 5) is 7.91. The van der Waals surface area contributed by atoms with E-state index >= 15 is 0 Å². The molecular weight excluding hydrogens is 247 g/mol. The Labute approximate surface area is 111 Å². The van der Waals surface area contributed by atoms with E-state index in [4.69, 9.17) is 0 Å². The quantitative estimate of drug-likeness (QED) is 0.746. The molecule has 7 heteroatoms. The normalized spacial score (nSPS) is 10.4. The largest absolute Gasteiger partial charge is 0.367 e. The van der Waals surface area contributed by atoms with E-state index in [1.807, 2.05) is 23.9 Å². The summed E-state index contributed by atoms with van der Waals surface area (Å²) in [5, 5.41) is 10.0. The molecule has 0 atom stereocenters. The first-order chi connectivity index (χ1) is 9.29. The zero-order valence-corrected chi connectivity index (χ0v) is 10.8. The van der Waals surface area contributed by atoms with Crippen molar-refractivity contribution < 1.29 is 4.39 Å². The first-order valence-corrected chi connectivity index (χ1v) is 6.27. The van der Waals surface area contributed by atoms with Crippen LogP contribution in [0.5, 0.6) is 0 Å². The zero-order valence-electron chi connectivity index (χ0n) is 10.8. The molecule has 0 fully saturated rings. The van der Waals surface area contributed by atoms with Gasteiger partial charge >= 0.3 is 0 Å². The van der Waals surface area contributed by atoms with E-state index in [0.29, 0.717) is 19.0 Å². The third-order valence-electron chi connectivity index (χ3n) is 2.49. The van der Waals surface area contributed by atoms with Crippen LogP contribution in [0.25, 0.3) is 0 Å². The number of halogens is 1. The van der Waals surface area contributed by atoms with Gasteiger partial charge in [-0.1, -0.05) is 0 Å². The van der Waals surface area contributed by atoms with Crippen LogP contribution >= 0.6 is 0 Å². The van der Waals surface area contributed by atoms with E-state index in [1.54, 1.807) is 6.20 Å². The SMILES string of the molecule is CCNc1ncc(F)c(NCCCn2cccn2)n1. The highest BCUT2D eigenvalue weighted by Gasteiger charge is 2.05. The molecular formula is C12H17FN6. The maximum absolute atomic E-state index is 13.5. The average Bonchev–Trinajstić information content (AvgIpc) is 2.91. The fourth-order valence-electron chi connectivity index (χ4n) is 1.61. The molecule has 0 amide bonds. The van der Waals surface area contributed by atoms with Gasteiger partial charge in [-0.2, -0.15) is 10.1 Å². The Kier molecular flexibility index (Phi) is 4.66. The van der Waals surface area contributed by atoms with E-state index in [0.717, 1.165) is 13.0 Å². The van der Waals surface area contributed by atoms with E-state index < -0.39 is 5.82 Å². The van der Waals surface area contributed by atoms with Crippen LogP contribution in [0, 0.1) is 5.82 Å². The van der Waals surface area contributed by atoms with Crippen LogP contribution in [-0.2, 0) is 6.54 Å². The molecule has 0 aliphatic carbocycles. The molecule has 2 aromatic heterocycles. The van der Waals surface area contributed by atoms with Gasteiger partial charge in [0.2, 0.25) is 5.95 Å². The van der Waals surface area contributed by atoms with Crippen molar-refractivity contribution in [3.63, 3.8) is 0 Å². The summed E-state index contributed by atoms with van der Waals surface area (Å²) in [5.41, 5.74) is 0. The van der Waals surface area contributed by atoms with E-state index in [2.05, 4.69) is 25.7 Å². The van der Waals surface area contributed by atoms with Gasteiger partial charge in [0.05, 0.1) is 6.20 Å². The Hall–Kier alpha value is -2.18. The van der Waals surface area contributed by atoms with Gasteiger partial charge in [0.1, 0.15) is 0 Å². The maximum Gasteiger partial charge on any atom is 0.224 e. The number of nitrogens with one attached hydrogen (secondary N) is 2. The number of hydrogen-bond acceptors (Lipinski definition) is 5. The summed E-state index contributed by atoms with van der Waals surface area (Å²) >= 11 is 0. The molecule has 0 aromatic carbocycles. The second-order valence-corrected chi connectivity index (χ2v) is 3.97. The van der Waals surface area contributed by atoms with Crippen molar-refractivity contribution in [2.75, 3.05) is 23.7 Å². The number of nitrogens with zero attached hydrogens (tertiary/aromatic N) is 4. The fraction of sp³-hybridized carbons (Fsp3) is 0.417. The summed E-state index contributed by atoms with van der Waals surface area (Å²) in [6.07, 6.45) is 5.64. The van der Waals surface area contributed by atoms with Crippen molar-refractivity contribution in [2.24, 2.45) is 0 Å². The lowest BCUT2D eigenvalue weighted by molar-refractivity contribution is 0.586. The van der Waals surface area contributed by atoms with Crippen molar-refractivity contribution in [2.45, 2.75) is 19.9 Å². The second kappa shape index (κ2) is 6.67. The summed E-state index contributed by atoms with van der Waals surface area (Å²) < 4.78 is 15.3. The first-order valence-electron chi connectivity index (χ1n) is 6.27. The third kappa shape index (κ3) is 3.90. The number of hydrogen-bond donors (Lipinski definition) is 2. The Bertz CT molecular complexity index is 499. The van der Waals surface area contributed by atoms with Gasteiger partial charge in [0.15, 0.2) is 11.6 Å². The van der Waals surface area contributed by atoms with Crippen LogP contribution in [0.2, 0.25) is 0 Å². The molecule has 6 nitrogen and oxygen atoms in total. The molecule has 0 radical (unpaired) electrons. The Balaban J connectivity index is 1.83. The lowest BCUT2D eigenvalue weighted by Crippen LogP contribution is -2.11. The van der Waals surface area contributed by atoms with E-state index in [9.17, 15) is 4.39 Å². The van der Waals surface area contributed by atoms with Crippen LogP contribution < -0.4 is 10.6 Å². The molecule has 2 rings (SSSR count). The van der Waals surface area contributed by atoms with Gasteiger partial charge in [0, 0.05) is 32.0 Å². The summed E-state index contributed by atoms with van der Waals surface area (Å²) in [5.74, 6) is 0.214. The molecule has 102 valence electrons. The Morgan fingerprint density at radius 1 is 1.37 bits per heavy atom. The molecule has 0 bridgehead atoms. The number of rotatable bonds is 7. The van der Waals surface area contributed by atoms with E-state index in [1.165, 1.54) is 6.20 Å². The molecule has 2 N–H and O–H groups in total. The molecule has 2 heterocycles. The highest BCUT2D eigenvalue weighted by molar-refractivity contribution is 5.40. The number of aromatic nitrogens is 4. The number of anilines is 2. The molecule has 19 heavy (non-hydrogen) atoms. The molecule has 0 unspecified atom stereocenters. The predicted octanol–water partition coefficient (Wildman–Crippen LogP) is 1.75. The number of aryl methyl sites for hydroxylation is 1. The van der Waals surface area contributed by atoms with Crippen molar-refractivity contribution in [3.8, 4) is 0 Å². The van der Waals surface area contributed by atoms with Crippen LogP contribution in [0.3, 0.4) is 0 Å². The maximum atomic E-state index is 13.5. The predicted molar refractivity (Wildman–Crippen MR) is 71.5 cm³/mol. The monoisotopic (exact) mass is 264 g/mol. The summed E-state index contributed by atoms with van der Waals surface area (Å²) in [6.45, 7) is 4.04. The molecule has 0 aliphatic rings. The highest BCUT2D eigenvalue weighted by atomic mass is 19.1. The topological polar surface area (TPSA) is 67.7 Å². The lowest BCUT2D eigenvalue weighted by atomic mass is 10.4. The van der Waals surface area contributed by atoms with Crippen molar-refractivity contribution in [3.05, 3.63) is 30.5 Å². The third-order valence-corrected chi connectivity index (χ3v) is 2.49. The van der Waals surface area contributed by atoms with Crippen LogP contribution in [0.1, 0.15) is 13.3 Å². The van der Waals surface area contributed by atoms with Gasteiger partial charge in [-0.05, 0) is 19.4 Å². The fourth-order valence-corrected chi connectivity index (χ4v) is 1.61. The Morgan fingerprint density at radius 3 is 3.00 bits per heavy atom. The molecule has 0 aliphatic heterocycles. The average molecular weight is 264 g/mol. The zero-order chi connectivity index (χ0) is 13.5. The van der Waals surface area contributed by atoms with Crippen molar-refractivity contribution in [1.29, 1.82) is 0 Å². The Morgan fingerprint density at radius 2 is 2.26 bits per heavy atom. The molecule has 0 spiro atoms. The van der Waals surface area contributed by atoms with Crippen molar-refractivity contribution in [1.82, 2.24) is 19.7 Å². The van der Waals surface area contributed by atoms with Gasteiger partial charge in [-0.3, -0.25) is 4.68 Å². The highest BCUT2D eigenvalue weighted by Crippen LogP contribution is 2.11. The smallest absolute Gasteiger partial charge is 0.224 e. The summed E-state index contributed by atoms with van der Waals surface area (Å²) in [6, 6.07) is 1.88. The minimum atomic E-state index is -0.444. The minimum absolute atomic E-state index is 0.228. The van der Waals surface area contributed by atoms with Gasteiger partial charge in [0.25, 0.3) is 0 Å². The standard InChI is InChI=1S/C12H17FN6/c1-2-14-12-16-9-10(13)11(18-12)15-5-3-7-19-8-4-6-17-19/h4,6,8-9H,2-3,5,7H2,1H3,(H2,14,15,16,18). The van der Waals surface area contributed by atoms with E-state index in [-0.39, 0.29) is 5.82 Å². The first kappa shape index (κ1) is 13.3. The van der Waals surface area contributed by atoms with Gasteiger partial charge in [-0.15, -0.1) is 0 Å².